The number of aliphatic hydroxyl groups is 1. The van der Waals surface area contributed by atoms with E-state index in [1.165, 1.54) is 6.07 Å². The van der Waals surface area contributed by atoms with Crippen molar-refractivity contribution in [1.29, 1.82) is 0 Å². The summed E-state index contributed by atoms with van der Waals surface area (Å²) >= 11 is 0. The Hall–Kier alpha value is -2.08. The molecule has 0 amide bonds. The summed E-state index contributed by atoms with van der Waals surface area (Å²) in [6.07, 6.45) is -3.94. The molecular weight excluding hydrogens is 283 g/mol. The van der Waals surface area contributed by atoms with Gasteiger partial charge >= 0.3 is 6.18 Å². The lowest BCUT2D eigenvalue weighted by Gasteiger charge is -2.19. The number of hydrogen-bond acceptors (Lipinski definition) is 3. The van der Waals surface area contributed by atoms with Crippen molar-refractivity contribution in [3.05, 3.63) is 59.4 Å². The van der Waals surface area contributed by atoms with Crippen LogP contribution in [0.25, 0.3) is 0 Å². The summed E-state index contributed by atoms with van der Waals surface area (Å²) < 4.78 is 44.4. The Morgan fingerprint density at radius 3 is 2.57 bits per heavy atom. The van der Waals surface area contributed by atoms with Gasteiger partial charge in [-0.15, -0.1) is 0 Å². The van der Waals surface area contributed by atoms with Crippen molar-refractivity contribution in [2.24, 2.45) is 0 Å². The molecule has 0 radical (unpaired) electrons. The Balaban J connectivity index is 2.48. The average Bonchev–Trinajstić information content (AvgIpc) is 2.46. The molecule has 1 heterocycles. The molecule has 2 rings (SSSR count). The number of halogens is 3. The molecule has 0 saturated heterocycles. The maximum Gasteiger partial charge on any atom is 0.416 e. The van der Waals surface area contributed by atoms with Crippen molar-refractivity contribution in [3.63, 3.8) is 0 Å². The summed E-state index contributed by atoms with van der Waals surface area (Å²) in [7, 11) is 0. The van der Waals surface area contributed by atoms with E-state index in [0.717, 1.165) is 18.5 Å². The molecule has 1 unspecified atom stereocenters. The fourth-order valence-corrected chi connectivity index (χ4v) is 2.04. The summed E-state index contributed by atoms with van der Waals surface area (Å²) in [4.78, 5) is 3.68. The summed E-state index contributed by atoms with van der Waals surface area (Å²) in [5, 5.41) is 10.3. The van der Waals surface area contributed by atoms with Crippen LogP contribution in [-0.2, 0) is 6.18 Å². The monoisotopic (exact) mass is 297 g/mol. The molecule has 3 nitrogen and oxygen atoms in total. The molecule has 0 bridgehead atoms. The van der Waals surface area contributed by atoms with Gasteiger partial charge < -0.3 is 9.84 Å². The fraction of sp³-hybridized carbons (Fsp3) is 0.267. The second-order valence-corrected chi connectivity index (χ2v) is 4.33. The Kier molecular flexibility index (Phi) is 4.47. The highest BCUT2D eigenvalue weighted by Gasteiger charge is 2.35. The van der Waals surface area contributed by atoms with Gasteiger partial charge in [0, 0.05) is 23.5 Å². The lowest BCUT2D eigenvalue weighted by Crippen LogP contribution is -2.14. The van der Waals surface area contributed by atoms with Crippen LogP contribution in [0.2, 0.25) is 0 Å². The molecule has 1 N–H and O–H groups in total. The number of benzene rings is 1. The van der Waals surface area contributed by atoms with Crippen LogP contribution in [0.1, 0.15) is 29.7 Å². The van der Waals surface area contributed by atoms with Gasteiger partial charge in [-0.3, -0.25) is 4.98 Å². The molecule has 0 fully saturated rings. The Morgan fingerprint density at radius 2 is 1.90 bits per heavy atom. The van der Waals surface area contributed by atoms with Gasteiger partial charge in [-0.2, -0.15) is 13.2 Å². The van der Waals surface area contributed by atoms with Crippen LogP contribution in [0.3, 0.4) is 0 Å². The zero-order chi connectivity index (χ0) is 15.5. The van der Waals surface area contributed by atoms with Crippen molar-refractivity contribution in [2.75, 3.05) is 6.61 Å². The van der Waals surface area contributed by atoms with Crippen LogP contribution in [0.4, 0.5) is 13.2 Å². The van der Waals surface area contributed by atoms with E-state index in [2.05, 4.69) is 4.98 Å². The van der Waals surface area contributed by atoms with Crippen LogP contribution in [0.5, 0.6) is 5.75 Å². The molecule has 112 valence electrons. The third-order valence-corrected chi connectivity index (χ3v) is 2.97. The van der Waals surface area contributed by atoms with E-state index in [-0.39, 0.29) is 11.1 Å². The Labute approximate surface area is 120 Å². The molecular formula is C15H14F3NO2. The predicted octanol–water partition coefficient (Wildman–Crippen LogP) is 3.58. The van der Waals surface area contributed by atoms with Crippen LogP contribution in [-0.4, -0.2) is 16.7 Å². The molecule has 1 aromatic carbocycles. The number of aliphatic hydroxyl groups excluding tert-OH is 1. The molecule has 6 heteroatoms. The third-order valence-electron chi connectivity index (χ3n) is 2.97. The van der Waals surface area contributed by atoms with Crippen LogP contribution < -0.4 is 4.74 Å². The molecule has 0 aliphatic carbocycles. The molecule has 1 atom stereocenters. The number of pyridine rings is 1. The molecule has 0 saturated carbocycles. The highest BCUT2D eigenvalue weighted by atomic mass is 19.4. The lowest BCUT2D eigenvalue weighted by atomic mass is 9.98. The number of para-hydroxylation sites is 1. The van der Waals surface area contributed by atoms with E-state index in [0.29, 0.717) is 12.4 Å². The van der Waals surface area contributed by atoms with Gasteiger partial charge in [-0.25, -0.2) is 0 Å². The van der Waals surface area contributed by atoms with Gasteiger partial charge in [0.05, 0.1) is 12.2 Å². The van der Waals surface area contributed by atoms with Crippen molar-refractivity contribution < 1.29 is 23.0 Å². The van der Waals surface area contributed by atoms with Gasteiger partial charge in [0.1, 0.15) is 11.9 Å². The van der Waals surface area contributed by atoms with E-state index >= 15 is 0 Å². The zero-order valence-electron chi connectivity index (χ0n) is 11.3. The third kappa shape index (κ3) is 3.33. The van der Waals surface area contributed by atoms with E-state index in [1.54, 1.807) is 25.1 Å². The second kappa shape index (κ2) is 6.13. The van der Waals surface area contributed by atoms with Crippen molar-refractivity contribution >= 4 is 0 Å². The summed E-state index contributed by atoms with van der Waals surface area (Å²) in [5.74, 6) is 0.351. The average molecular weight is 297 g/mol. The number of rotatable bonds is 4. The quantitative estimate of drug-likeness (QED) is 0.938. The lowest BCUT2D eigenvalue weighted by molar-refractivity contribution is -0.139. The summed E-state index contributed by atoms with van der Waals surface area (Å²) in [6.45, 7) is 2.11. The van der Waals surface area contributed by atoms with Crippen LogP contribution >= 0.6 is 0 Å². The smallest absolute Gasteiger partial charge is 0.416 e. The van der Waals surface area contributed by atoms with Crippen molar-refractivity contribution in [2.45, 2.75) is 19.2 Å². The van der Waals surface area contributed by atoms with Crippen molar-refractivity contribution in [1.82, 2.24) is 4.98 Å². The number of ether oxygens (including phenoxy) is 1. The number of hydrogen-bond donors (Lipinski definition) is 1. The van der Waals surface area contributed by atoms with Gasteiger partial charge in [0.15, 0.2) is 0 Å². The zero-order valence-corrected chi connectivity index (χ0v) is 11.3. The maximum atomic E-state index is 13.0. The standard InChI is InChI=1S/C15H14F3NO2/c1-2-21-13-6-4-3-5-10(13)14(20)11-9-19-8-7-12(11)15(16,17)18/h3-9,14,20H,2H2,1H3. The number of aromatic nitrogens is 1. The second-order valence-electron chi connectivity index (χ2n) is 4.33. The minimum absolute atomic E-state index is 0.276. The first-order valence-electron chi connectivity index (χ1n) is 6.36. The minimum atomic E-state index is -4.56. The molecule has 0 aliphatic heterocycles. The fourth-order valence-electron chi connectivity index (χ4n) is 2.04. The van der Waals surface area contributed by atoms with E-state index in [1.807, 2.05) is 0 Å². The molecule has 21 heavy (non-hydrogen) atoms. The first-order valence-corrected chi connectivity index (χ1v) is 6.36. The largest absolute Gasteiger partial charge is 0.493 e. The first-order chi connectivity index (χ1) is 9.95. The Bertz CT molecular complexity index is 614. The van der Waals surface area contributed by atoms with E-state index < -0.39 is 17.8 Å². The molecule has 2 aromatic rings. The van der Waals surface area contributed by atoms with Crippen molar-refractivity contribution in [3.8, 4) is 5.75 Å². The van der Waals surface area contributed by atoms with E-state index in [9.17, 15) is 18.3 Å². The number of alkyl halides is 3. The van der Waals surface area contributed by atoms with Gasteiger partial charge in [-0.05, 0) is 19.1 Å². The summed E-state index contributed by atoms with van der Waals surface area (Å²) in [6, 6.07) is 7.30. The first kappa shape index (κ1) is 15.3. The number of nitrogens with zero attached hydrogens (tertiary/aromatic N) is 1. The summed E-state index contributed by atoms with van der Waals surface area (Å²) in [5.41, 5.74) is -0.925. The van der Waals surface area contributed by atoms with Crippen LogP contribution in [0, 0.1) is 0 Å². The molecule has 0 aliphatic rings. The van der Waals surface area contributed by atoms with Gasteiger partial charge in [0.25, 0.3) is 0 Å². The topological polar surface area (TPSA) is 42.4 Å². The van der Waals surface area contributed by atoms with Gasteiger partial charge in [0.2, 0.25) is 0 Å². The minimum Gasteiger partial charge on any atom is -0.493 e. The SMILES string of the molecule is CCOc1ccccc1C(O)c1cnccc1C(F)(F)F. The molecule has 0 spiro atoms. The van der Waals surface area contributed by atoms with E-state index in [4.69, 9.17) is 4.74 Å². The normalized spacial score (nSPS) is 13.0. The highest BCUT2D eigenvalue weighted by Crippen LogP contribution is 2.38. The molecule has 1 aromatic heterocycles. The maximum absolute atomic E-state index is 13.0. The van der Waals surface area contributed by atoms with Gasteiger partial charge in [-0.1, -0.05) is 18.2 Å². The Morgan fingerprint density at radius 1 is 1.19 bits per heavy atom. The predicted molar refractivity (Wildman–Crippen MR) is 70.9 cm³/mol. The van der Waals surface area contributed by atoms with Crippen LogP contribution in [0.15, 0.2) is 42.7 Å². The highest BCUT2D eigenvalue weighted by molar-refractivity contribution is 5.42.